The maximum atomic E-state index is 10.4. The van der Waals surface area contributed by atoms with Crippen molar-refractivity contribution < 1.29 is 10.2 Å². The Balaban J connectivity index is 1.98. The van der Waals surface area contributed by atoms with E-state index in [1.54, 1.807) is 30.6 Å². The minimum atomic E-state index is -0.878. The predicted molar refractivity (Wildman–Crippen MR) is 86.9 cm³/mol. The monoisotopic (exact) mass is 307 g/mol. The molecule has 2 N–H and O–H groups in total. The van der Waals surface area contributed by atoms with Gasteiger partial charge in [0.25, 0.3) is 0 Å². The Morgan fingerprint density at radius 3 is 2.52 bits per heavy atom. The molecule has 3 rings (SSSR count). The molecule has 116 valence electrons. The number of hydrogen-bond acceptors (Lipinski definition) is 5. The van der Waals surface area contributed by atoms with Crippen molar-refractivity contribution in [1.29, 1.82) is 0 Å². The number of nitrogens with zero attached hydrogens (tertiary/aromatic N) is 3. The third kappa shape index (κ3) is 3.05. The fourth-order valence-corrected chi connectivity index (χ4v) is 2.45. The summed E-state index contributed by atoms with van der Waals surface area (Å²) in [5.74, 6) is 0.166. The van der Waals surface area contributed by atoms with Gasteiger partial charge in [-0.15, -0.1) is 5.10 Å². The highest BCUT2D eigenvalue weighted by Crippen LogP contribution is 2.30. The predicted octanol–water partition coefficient (Wildman–Crippen LogP) is 2.94. The number of benzene rings is 1. The second kappa shape index (κ2) is 6.14. The molecule has 5 nitrogen and oxygen atoms in total. The zero-order valence-electron chi connectivity index (χ0n) is 12.9. The lowest BCUT2D eigenvalue weighted by molar-refractivity contribution is 0.213. The molecule has 2 aromatic heterocycles. The highest BCUT2D eigenvalue weighted by Gasteiger charge is 2.17. The topological polar surface area (TPSA) is 79.1 Å². The molecule has 5 heteroatoms. The summed E-state index contributed by atoms with van der Waals surface area (Å²) in [5.41, 5.74) is 4.10. The molecule has 0 radical (unpaired) electrons. The lowest BCUT2D eigenvalue weighted by Crippen LogP contribution is -2.07. The maximum Gasteiger partial charge on any atom is 0.125 e. The van der Waals surface area contributed by atoms with E-state index in [0.29, 0.717) is 22.5 Å². The average molecular weight is 307 g/mol. The minimum absolute atomic E-state index is 0.166. The summed E-state index contributed by atoms with van der Waals surface area (Å²) >= 11 is 0. The molecular weight excluding hydrogens is 290 g/mol. The van der Waals surface area contributed by atoms with Crippen LogP contribution in [-0.2, 0) is 0 Å². The highest BCUT2D eigenvalue weighted by atomic mass is 16.3. The summed E-state index contributed by atoms with van der Waals surface area (Å²) in [4.78, 5) is 4.00. The molecular formula is C18H17N3O2. The first-order valence-electron chi connectivity index (χ1n) is 7.28. The first-order chi connectivity index (χ1) is 11.1. The number of phenolic OH excluding ortho intramolecular Hbond substituents is 1. The van der Waals surface area contributed by atoms with Gasteiger partial charge in [0.1, 0.15) is 11.9 Å². The number of aromatic hydroxyl groups is 1. The van der Waals surface area contributed by atoms with Gasteiger partial charge in [0.05, 0.1) is 11.4 Å². The van der Waals surface area contributed by atoms with Crippen molar-refractivity contribution in [3.63, 3.8) is 0 Å². The van der Waals surface area contributed by atoms with Crippen molar-refractivity contribution in [2.24, 2.45) is 0 Å². The van der Waals surface area contributed by atoms with Gasteiger partial charge in [-0.1, -0.05) is 12.1 Å². The Labute approximate surface area is 134 Å². The third-order valence-electron chi connectivity index (χ3n) is 3.71. The van der Waals surface area contributed by atoms with Gasteiger partial charge in [-0.3, -0.25) is 4.98 Å². The Bertz CT molecular complexity index is 835. The average Bonchev–Trinajstić information content (AvgIpc) is 2.55. The first-order valence-corrected chi connectivity index (χ1v) is 7.28. The summed E-state index contributed by atoms with van der Waals surface area (Å²) in [5, 5.41) is 28.8. The zero-order chi connectivity index (χ0) is 16.4. The summed E-state index contributed by atoms with van der Waals surface area (Å²) in [6.45, 7) is 3.77. The van der Waals surface area contributed by atoms with Crippen molar-refractivity contribution in [2.45, 2.75) is 20.0 Å². The fourth-order valence-electron chi connectivity index (χ4n) is 2.45. The van der Waals surface area contributed by atoms with E-state index in [1.165, 1.54) is 0 Å². The SMILES string of the molecule is Cc1ccc(-c2cc(C)c(C(O)c3cccnc3)nn2)c(O)c1. The standard InChI is InChI=1S/C18H17N3O2/c1-11-5-6-14(16(22)8-11)15-9-12(2)17(21-20-15)18(23)13-4-3-7-19-10-13/h3-10,18,22-23H,1-2H3. The molecule has 23 heavy (non-hydrogen) atoms. The van der Waals surface area contributed by atoms with Crippen molar-refractivity contribution in [2.75, 3.05) is 0 Å². The van der Waals surface area contributed by atoms with Crippen molar-refractivity contribution in [1.82, 2.24) is 15.2 Å². The van der Waals surface area contributed by atoms with E-state index in [1.807, 2.05) is 32.0 Å². The van der Waals surface area contributed by atoms with E-state index in [9.17, 15) is 10.2 Å². The highest BCUT2D eigenvalue weighted by molar-refractivity contribution is 5.67. The van der Waals surface area contributed by atoms with Gasteiger partial charge in [-0.05, 0) is 49.2 Å². The van der Waals surface area contributed by atoms with Crippen LogP contribution in [0.1, 0.15) is 28.5 Å². The number of hydrogen-bond donors (Lipinski definition) is 2. The van der Waals surface area contributed by atoms with Crippen molar-refractivity contribution in [3.05, 3.63) is 71.2 Å². The number of phenols is 1. The van der Waals surface area contributed by atoms with Crippen LogP contribution in [0.4, 0.5) is 0 Å². The van der Waals surface area contributed by atoms with Gasteiger partial charge in [0.15, 0.2) is 0 Å². The molecule has 0 bridgehead atoms. The van der Waals surface area contributed by atoms with Crippen molar-refractivity contribution in [3.8, 4) is 17.0 Å². The smallest absolute Gasteiger partial charge is 0.125 e. The molecule has 2 heterocycles. The number of aromatic nitrogens is 3. The van der Waals surface area contributed by atoms with E-state index in [-0.39, 0.29) is 5.75 Å². The fraction of sp³-hybridized carbons (Fsp3) is 0.167. The second-order valence-electron chi connectivity index (χ2n) is 5.51. The van der Waals surface area contributed by atoms with Crippen LogP contribution in [0.5, 0.6) is 5.75 Å². The van der Waals surface area contributed by atoms with Crippen LogP contribution in [0.15, 0.2) is 48.8 Å². The largest absolute Gasteiger partial charge is 0.507 e. The van der Waals surface area contributed by atoms with Crippen LogP contribution in [0.2, 0.25) is 0 Å². The number of pyridine rings is 1. The number of aliphatic hydroxyl groups is 1. The maximum absolute atomic E-state index is 10.4. The Morgan fingerprint density at radius 2 is 1.87 bits per heavy atom. The molecule has 1 aromatic carbocycles. The molecule has 0 aliphatic carbocycles. The summed E-state index contributed by atoms with van der Waals surface area (Å²) in [7, 11) is 0. The van der Waals surface area contributed by atoms with Gasteiger partial charge in [0.2, 0.25) is 0 Å². The van der Waals surface area contributed by atoms with E-state index >= 15 is 0 Å². The summed E-state index contributed by atoms with van der Waals surface area (Å²) < 4.78 is 0. The summed E-state index contributed by atoms with van der Waals surface area (Å²) in [6.07, 6.45) is 2.38. The van der Waals surface area contributed by atoms with E-state index in [2.05, 4.69) is 15.2 Å². The van der Waals surface area contributed by atoms with Crippen LogP contribution < -0.4 is 0 Å². The molecule has 0 fully saturated rings. The third-order valence-corrected chi connectivity index (χ3v) is 3.71. The van der Waals surface area contributed by atoms with Crippen LogP contribution in [0, 0.1) is 13.8 Å². The van der Waals surface area contributed by atoms with Crippen molar-refractivity contribution >= 4 is 0 Å². The van der Waals surface area contributed by atoms with Gasteiger partial charge < -0.3 is 10.2 Å². The molecule has 3 aromatic rings. The minimum Gasteiger partial charge on any atom is -0.507 e. The van der Waals surface area contributed by atoms with E-state index < -0.39 is 6.10 Å². The van der Waals surface area contributed by atoms with Gasteiger partial charge in [0, 0.05) is 23.5 Å². The lowest BCUT2D eigenvalue weighted by atomic mass is 10.0. The van der Waals surface area contributed by atoms with Crippen LogP contribution in [0.25, 0.3) is 11.3 Å². The summed E-state index contributed by atoms with van der Waals surface area (Å²) in [6, 6.07) is 10.8. The number of aryl methyl sites for hydroxylation is 2. The molecule has 1 atom stereocenters. The Kier molecular flexibility index (Phi) is 4.04. The zero-order valence-corrected chi connectivity index (χ0v) is 12.9. The van der Waals surface area contributed by atoms with Crippen LogP contribution in [-0.4, -0.2) is 25.4 Å². The van der Waals surface area contributed by atoms with Gasteiger partial charge >= 0.3 is 0 Å². The number of aliphatic hydroxyl groups excluding tert-OH is 1. The molecule has 1 unspecified atom stereocenters. The molecule has 0 saturated carbocycles. The molecule has 0 aliphatic rings. The normalized spacial score (nSPS) is 12.1. The quantitative estimate of drug-likeness (QED) is 0.777. The molecule has 0 spiro atoms. The van der Waals surface area contributed by atoms with E-state index in [0.717, 1.165) is 11.1 Å². The van der Waals surface area contributed by atoms with E-state index in [4.69, 9.17) is 0 Å². The molecule has 0 aliphatic heterocycles. The van der Waals surface area contributed by atoms with Gasteiger partial charge in [-0.2, -0.15) is 5.10 Å². The van der Waals surface area contributed by atoms with Gasteiger partial charge in [-0.25, -0.2) is 0 Å². The Morgan fingerprint density at radius 1 is 1.04 bits per heavy atom. The lowest BCUT2D eigenvalue weighted by Gasteiger charge is -2.13. The van der Waals surface area contributed by atoms with Crippen LogP contribution in [0.3, 0.4) is 0 Å². The second-order valence-corrected chi connectivity index (χ2v) is 5.51. The first kappa shape index (κ1) is 15.1. The molecule has 0 saturated heterocycles. The molecule has 0 amide bonds. The number of rotatable bonds is 3. The Hall–Kier alpha value is -2.79. The van der Waals surface area contributed by atoms with Crippen LogP contribution >= 0.6 is 0 Å².